The largest absolute Gasteiger partial charge is 0.269 e. The molecule has 0 radical (unpaired) electrons. The number of hydrazone groups is 1. The van der Waals surface area contributed by atoms with E-state index >= 15 is 0 Å². The molecule has 30 heavy (non-hydrogen) atoms. The van der Waals surface area contributed by atoms with Crippen LogP contribution in [0.15, 0.2) is 64.2 Å². The summed E-state index contributed by atoms with van der Waals surface area (Å²) in [6.07, 6.45) is 1.65. The molecule has 0 fully saturated rings. The van der Waals surface area contributed by atoms with Gasteiger partial charge >= 0.3 is 0 Å². The van der Waals surface area contributed by atoms with Crippen molar-refractivity contribution in [1.82, 2.24) is 5.43 Å². The molecule has 0 aromatic heterocycles. The first-order valence-electron chi connectivity index (χ1n) is 9.33. The second-order valence-electron chi connectivity index (χ2n) is 6.70. The van der Waals surface area contributed by atoms with Crippen LogP contribution in [-0.4, -0.2) is 10.8 Å². The zero-order valence-electron chi connectivity index (χ0n) is 16.0. The Morgan fingerprint density at radius 2 is 1.90 bits per heavy atom. The van der Waals surface area contributed by atoms with Crippen LogP contribution in [0.5, 0.6) is 0 Å². The van der Waals surface area contributed by atoms with Gasteiger partial charge in [0.15, 0.2) is 0 Å². The molecule has 0 amide bonds. The fourth-order valence-electron chi connectivity index (χ4n) is 3.36. The van der Waals surface area contributed by atoms with Crippen molar-refractivity contribution >= 4 is 49.6 Å². The number of rotatable bonds is 5. The van der Waals surface area contributed by atoms with E-state index in [2.05, 4.69) is 39.5 Å². The number of nitro groups is 1. The van der Waals surface area contributed by atoms with Gasteiger partial charge in [-0.25, -0.2) is 0 Å². The molecule has 8 nitrogen and oxygen atoms in total. The number of hydrazine groups is 2. The summed E-state index contributed by atoms with van der Waals surface area (Å²) in [6.45, 7) is 2.07. The summed E-state index contributed by atoms with van der Waals surface area (Å²) in [7, 11) is 0. The van der Waals surface area contributed by atoms with Crippen molar-refractivity contribution in [3.05, 3.63) is 74.7 Å². The maximum Gasteiger partial charge on any atom is 0.269 e. The van der Waals surface area contributed by atoms with Crippen LogP contribution in [0.1, 0.15) is 25.3 Å². The summed E-state index contributed by atoms with van der Waals surface area (Å²) in [5, 5.41) is 30.4. The van der Waals surface area contributed by atoms with Crippen LogP contribution in [0.2, 0.25) is 0 Å². The predicted octanol–water partition coefficient (Wildman–Crippen LogP) is 5.24. The van der Waals surface area contributed by atoms with Gasteiger partial charge in [0.25, 0.3) is 5.69 Å². The van der Waals surface area contributed by atoms with E-state index in [1.54, 1.807) is 28.4 Å². The normalized spacial score (nSPS) is 13.2. The number of nitrogens with one attached hydrogen (secondary N) is 1. The Labute approximate surface area is 181 Å². The molecule has 0 saturated heterocycles. The highest BCUT2D eigenvalue weighted by atomic mass is 79.9. The summed E-state index contributed by atoms with van der Waals surface area (Å²) in [4.78, 5) is 10.6. The monoisotopic (exact) mass is 464 g/mol. The molecule has 1 heterocycles. The highest BCUT2D eigenvalue weighted by Crippen LogP contribution is 2.39. The van der Waals surface area contributed by atoms with Crippen LogP contribution in [0, 0.1) is 21.4 Å². The van der Waals surface area contributed by atoms with Crippen molar-refractivity contribution in [1.29, 1.82) is 5.26 Å². The topological polar surface area (TPSA) is 97.8 Å². The number of halogens is 1. The van der Waals surface area contributed by atoms with E-state index in [9.17, 15) is 15.4 Å². The Morgan fingerprint density at radius 3 is 2.53 bits per heavy atom. The number of nitro benzene ring substituents is 1. The molecular weight excluding hydrogens is 448 g/mol. The third kappa shape index (κ3) is 3.42. The van der Waals surface area contributed by atoms with Gasteiger partial charge in [0, 0.05) is 33.8 Å². The van der Waals surface area contributed by atoms with Gasteiger partial charge in [-0.1, -0.05) is 31.2 Å². The summed E-state index contributed by atoms with van der Waals surface area (Å²) in [5.41, 5.74) is 5.36. The van der Waals surface area contributed by atoms with Crippen molar-refractivity contribution in [3.8, 4) is 6.07 Å². The maximum atomic E-state index is 11.0. The predicted molar refractivity (Wildman–Crippen MR) is 120 cm³/mol. The van der Waals surface area contributed by atoms with E-state index in [-0.39, 0.29) is 5.69 Å². The Hall–Kier alpha value is -3.64. The van der Waals surface area contributed by atoms with Gasteiger partial charge in [-0.05, 0) is 40.5 Å². The Balaban J connectivity index is 1.86. The number of benzene rings is 3. The van der Waals surface area contributed by atoms with Gasteiger partial charge in [0.2, 0.25) is 0 Å². The summed E-state index contributed by atoms with van der Waals surface area (Å²) >= 11 is 3.61. The van der Waals surface area contributed by atoms with E-state index in [4.69, 9.17) is 0 Å². The highest BCUT2D eigenvalue weighted by Gasteiger charge is 2.29. The quantitative estimate of drug-likeness (QED) is 0.409. The lowest BCUT2D eigenvalue weighted by atomic mass is 10.0. The number of anilines is 2. The van der Waals surface area contributed by atoms with Crippen LogP contribution in [-0.2, 0) is 0 Å². The Kier molecular flexibility index (Phi) is 5.25. The van der Waals surface area contributed by atoms with Crippen LogP contribution >= 0.6 is 15.9 Å². The number of hydrogen-bond acceptors (Lipinski definition) is 7. The van der Waals surface area contributed by atoms with Crippen LogP contribution in [0.3, 0.4) is 0 Å². The van der Waals surface area contributed by atoms with E-state index in [0.717, 1.165) is 39.6 Å². The van der Waals surface area contributed by atoms with Crippen molar-refractivity contribution in [2.75, 3.05) is 10.2 Å². The summed E-state index contributed by atoms with van der Waals surface area (Å²) < 4.78 is 0.727. The molecule has 0 atom stereocenters. The average molecular weight is 465 g/mol. The number of fused-ring (bicyclic) bond motifs is 1. The third-order valence-corrected chi connectivity index (χ3v) is 5.32. The van der Waals surface area contributed by atoms with Gasteiger partial charge in [-0.15, -0.1) is 5.10 Å². The Bertz CT molecular complexity index is 1200. The molecule has 3 aromatic carbocycles. The van der Waals surface area contributed by atoms with Crippen molar-refractivity contribution in [3.63, 3.8) is 0 Å². The number of nitrogens with zero attached hydrogens (tertiary/aromatic N) is 5. The number of nitriles is 1. The maximum absolute atomic E-state index is 11.0. The van der Waals surface area contributed by atoms with Crippen LogP contribution < -0.4 is 15.7 Å². The fraction of sp³-hybridized carbons (Fsp3) is 0.143. The van der Waals surface area contributed by atoms with Crippen LogP contribution in [0.4, 0.5) is 17.1 Å². The molecule has 0 unspecified atom stereocenters. The zero-order chi connectivity index (χ0) is 21.3. The second kappa shape index (κ2) is 8.00. The molecule has 3 aromatic rings. The number of hydrogen-bond donors (Lipinski definition) is 1. The SMILES string of the molecule is CCCC1=NN(c2ccc([N+](=O)[O-])cc2)N(c2c(Br)cc(C#N)c3ccccc23)N1. The first kappa shape index (κ1) is 19.7. The summed E-state index contributed by atoms with van der Waals surface area (Å²) in [5.74, 6) is 0.774. The molecule has 9 heteroatoms. The fourth-order valence-corrected chi connectivity index (χ4v) is 3.97. The van der Waals surface area contributed by atoms with Gasteiger partial charge in [-0.2, -0.15) is 15.5 Å². The van der Waals surface area contributed by atoms with Gasteiger partial charge in [-0.3, -0.25) is 15.5 Å². The van der Waals surface area contributed by atoms with E-state index in [0.29, 0.717) is 11.3 Å². The first-order valence-corrected chi connectivity index (χ1v) is 10.1. The third-order valence-electron chi connectivity index (χ3n) is 4.72. The lowest BCUT2D eigenvalue weighted by molar-refractivity contribution is -0.384. The smallest absolute Gasteiger partial charge is 0.263 e. The highest BCUT2D eigenvalue weighted by molar-refractivity contribution is 9.10. The molecule has 0 saturated carbocycles. The minimum atomic E-state index is -0.430. The van der Waals surface area contributed by atoms with Crippen molar-refractivity contribution in [2.24, 2.45) is 5.10 Å². The molecule has 1 aliphatic rings. The first-order chi connectivity index (χ1) is 14.5. The Morgan fingerprint density at radius 1 is 1.20 bits per heavy atom. The second-order valence-corrected chi connectivity index (χ2v) is 7.55. The minimum Gasteiger partial charge on any atom is -0.263 e. The van der Waals surface area contributed by atoms with Crippen molar-refractivity contribution < 1.29 is 4.92 Å². The minimum absolute atomic E-state index is 0.0141. The van der Waals surface area contributed by atoms with E-state index in [1.807, 2.05) is 24.3 Å². The lowest BCUT2D eigenvalue weighted by Crippen LogP contribution is -2.44. The zero-order valence-corrected chi connectivity index (χ0v) is 17.6. The van der Waals surface area contributed by atoms with Gasteiger partial charge < -0.3 is 0 Å². The van der Waals surface area contributed by atoms with Gasteiger partial charge in [0.05, 0.1) is 22.2 Å². The number of non-ortho nitro benzene ring substituents is 1. The van der Waals surface area contributed by atoms with Gasteiger partial charge in [0.1, 0.15) is 11.5 Å². The average Bonchev–Trinajstić information content (AvgIpc) is 3.16. The molecule has 150 valence electrons. The standard InChI is InChI=1S/C21H17BrN6O2/c1-2-5-20-24-26(15-8-10-16(11-9-15)28(29)30)27(25-20)21-18-7-4-3-6-17(18)14(13-23)12-19(21)22/h3-4,6-12H,2,5H2,1H3,(H,24,25). The molecule has 0 bridgehead atoms. The molecule has 1 aliphatic heterocycles. The van der Waals surface area contributed by atoms with E-state index < -0.39 is 4.92 Å². The molecule has 0 aliphatic carbocycles. The van der Waals surface area contributed by atoms with Crippen molar-refractivity contribution in [2.45, 2.75) is 19.8 Å². The summed E-state index contributed by atoms with van der Waals surface area (Å²) in [6, 6.07) is 17.9. The van der Waals surface area contributed by atoms with E-state index in [1.165, 1.54) is 12.1 Å². The number of amidine groups is 1. The van der Waals surface area contributed by atoms with Crippen LogP contribution in [0.25, 0.3) is 10.8 Å². The molecule has 0 spiro atoms. The molecule has 4 rings (SSSR count). The lowest BCUT2D eigenvalue weighted by Gasteiger charge is -2.30. The molecular formula is C21H17BrN6O2. The molecule has 1 N–H and O–H groups in total.